The molecule has 0 bridgehead atoms. The highest BCUT2D eigenvalue weighted by Gasteiger charge is 2.14. The number of halogens is 2. The molecule has 0 spiro atoms. The molecule has 0 atom stereocenters. The summed E-state index contributed by atoms with van der Waals surface area (Å²) in [5.41, 5.74) is 3.44. The van der Waals surface area contributed by atoms with Crippen LogP contribution in [0.25, 0.3) is 0 Å². The van der Waals surface area contributed by atoms with E-state index in [9.17, 15) is 5.11 Å². The van der Waals surface area contributed by atoms with Crippen molar-refractivity contribution in [1.82, 2.24) is 10.7 Å². The maximum absolute atomic E-state index is 9.92. The molecule has 3 N–H and O–H groups in total. The second-order valence-electron chi connectivity index (χ2n) is 3.60. The van der Waals surface area contributed by atoms with Gasteiger partial charge in [-0.3, -0.25) is 5.43 Å². The normalized spacial score (nSPS) is 10.6. The lowest BCUT2D eigenvalue weighted by Gasteiger charge is -2.11. The number of hydrazone groups is 1. The maximum Gasteiger partial charge on any atom is 0.186 e. The number of nitrogens with one attached hydrogen (secondary N) is 2. The number of phenolic OH excluding ortho intramolecular Hbond substituents is 1. The van der Waals surface area contributed by atoms with Crippen LogP contribution in [0.4, 0.5) is 0 Å². The molecule has 0 aliphatic heterocycles. The van der Waals surface area contributed by atoms with Gasteiger partial charge in [-0.25, -0.2) is 0 Å². The van der Waals surface area contributed by atoms with Gasteiger partial charge in [0.1, 0.15) is 0 Å². The van der Waals surface area contributed by atoms with Gasteiger partial charge in [0.25, 0.3) is 0 Å². The molecule has 0 heterocycles. The van der Waals surface area contributed by atoms with Crippen molar-refractivity contribution in [1.29, 1.82) is 0 Å². The van der Waals surface area contributed by atoms with E-state index in [1.54, 1.807) is 12.3 Å². The zero-order valence-corrected chi connectivity index (χ0v) is 15.0. The monoisotopic (exact) mass is 423 g/mol. The van der Waals surface area contributed by atoms with E-state index >= 15 is 0 Å². The van der Waals surface area contributed by atoms with Crippen molar-refractivity contribution < 1.29 is 9.84 Å². The number of thiocarbonyl (C=S) groups is 1. The zero-order chi connectivity index (χ0) is 15.1. The SMILES string of the molecule is CCNC(=S)N/N=C\c1cc(OCC)c(O)c(Br)c1Br. The van der Waals surface area contributed by atoms with E-state index in [1.165, 1.54) is 0 Å². The van der Waals surface area contributed by atoms with Gasteiger partial charge in [-0.05, 0) is 64.0 Å². The smallest absolute Gasteiger partial charge is 0.186 e. The van der Waals surface area contributed by atoms with Crippen LogP contribution in [0.15, 0.2) is 20.1 Å². The van der Waals surface area contributed by atoms with E-state index < -0.39 is 0 Å². The first-order valence-corrected chi connectivity index (χ1v) is 7.91. The van der Waals surface area contributed by atoms with Crippen LogP contribution in [0, 0.1) is 0 Å². The van der Waals surface area contributed by atoms with E-state index in [1.807, 2.05) is 13.8 Å². The Bertz CT molecular complexity index is 524. The first kappa shape index (κ1) is 17.2. The summed E-state index contributed by atoms with van der Waals surface area (Å²) >= 11 is 11.7. The fourth-order valence-electron chi connectivity index (χ4n) is 1.33. The molecule has 5 nitrogen and oxygen atoms in total. The number of hydrogen-bond donors (Lipinski definition) is 3. The van der Waals surface area contributed by atoms with Gasteiger partial charge < -0.3 is 15.2 Å². The number of nitrogens with zero attached hydrogens (tertiary/aromatic N) is 1. The third-order valence-electron chi connectivity index (χ3n) is 2.18. The number of aromatic hydroxyl groups is 1. The van der Waals surface area contributed by atoms with Gasteiger partial charge in [-0.15, -0.1) is 0 Å². The number of phenols is 1. The molecular weight excluding hydrogens is 410 g/mol. The fraction of sp³-hybridized carbons (Fsp3) is 0.333. The molecule has 0 amide bonds. The van der Waals surface area contributed by atoms with E-state index in [2.05, 4.69) is 47.7 Å². The highest BCUT2D eigenvalue weighted by Crippen LogP contribution is 2.41. The van der Waals surface area contributed by atoms with Crippen LogP contribution in [0.2, 0.25) is 0 Å². The Hall–Kier alpha value is -0.860. The molecule has 1 rings (SSSR count). The van der Waals surface area contributed by atoms with Crippen molar-refractivity contribution >= 4 is 55.4 Å². The average molecular weight is 425 g/mol. The molecule has 0 radical (unpaired) electrons. The summed E-state index contributed by atoms with van der Waals surface area (Å²) in [6, 6.07) is 1.69. The van der Waals surface area contributed by atoms with E-state index in [-0.39, 0.29) is 5.75 Å². The fourth-order valence-corrected chi connectivity index (χ4v) is 2.36. The maximum atomic E-state index is 9.92. The zero-order valence-electron chi connectivity index (χ0n) is 11.0. The minimum Gasteiger partial charge on any atom is -0.503 e. The van der Waals surface area contributed by atoms with Crippen LogP contribution >= 0.6 is 44.1 Å². The van der Waals surface area contributed by atoms with Crippen LogP contribution in [-0.4, -0.2) is 29.6 Å². The quantitative estimate of drug-likeness (QED) is 0.385. The Morgan fingerprint density at radius 1 is 1.45 bits per heavy atom. The first-order chi connectivity index (χ1) is 9.51. The predicted octanol–water partition coefficient (Wildman–Crippen LogP) is 3.13. The molecule has 1 aromatic carbocycles. The molecule has 20 heavy (non-hydrogen) atoms. The average Bonchev–Trinajstić information content (AvgIpc) is 2.42. The van der Waals surface area contributed by atoms with Gasteiger partial charge in [-0.2, -0.15) is 5.10 Å². The lowest BCUT2D eigenvalue weighted by Crippen LogP contribution is -2.31. The van der Waals surface area contributed by atoms with Crippen molar-refractivity contribution in [2.24, 2.45) is 5.10 Å². The Balaban J connectivity index is 2.94. The minimum absolute atomic E-state index is 0.0482. The van der Waals surface area contributed by atoms with Crippen molar-refractivity contribution in [3.63, 3.8) is 0 Å². The Kier molecular flexibility index (Phi) is 7.25. The van der Waals surface area contributed by atoms with Crippen molar-refractivity contribution in [3.8, 4) is 11.5 Å². The Morgan fingerprint density at radius 3 is 2.75 bits per heavy atom. The first-order valence-electron chi connectivity index (χ1n) is 5.91. The summed E-state index contributed by atoms with van der Waals surface area (Å²) in [5.74, 6) is 0.435. The molecular formula is C12H15Br2N3O2S. The van der Waals surface area contributed by atoms with Crippen LogP contribution in [0.3, 0.4) is 0 Å². The number of benzene rings is 1. The van der Waals surface area contributed by atoms with Crippen LogP contribution < -0.4 is 15.5 Å². The van der Waals surface area contributed by atoms with Crippen LogP contribution in [-0.2, 0) is 0 Å². The Morgan fingerprint density at radius 2 is 2.15 bits per heavy atom. The van der Waals surface area contributed by atoms with E-state index in [0.717, 1.165) is 12.1 Å². The Labute approximate surface area is 140 Å². The van der Waals surface area contributed by atoms with E-state index in [0.29, 0.717) is 26.4 Å². The number of hydrogen-bond acceptors (Lipinski definition) is 4. The van der Waals surface area contributed by atoms with Crippen molar-refractivity contribution in [2.45, 2.75) is 13.8 Å². The summed E-state index contributed by atoms with van der Waals surface area (Å²) in [4.78, 5) is 0. The van der Waals surface area contributed by atoms with Crippen LogP contribution in [0.5, 0.6) is 11.5 Å². The lowest BCUT2D eigenvalue weighted by atomic mass is 10.2. The summed E-state index contributed by atoms with van der Waals surface area (Å²) < 4.78 is 6.55. The summed E-state index contributed by atoms with van der Waals surface area (Å²) in [5, 5.41) is 17.3. The van der Waals surface area contributed by atoms with Gasteiger partial charge in [0.05, 0.1) is 17.3 Å². The van der Waals surface area contributed by atoms with Crippen molar-refractivity contribution in [2.75, 3.05) is 13.2 Å². The van der Waals surface area contributed by atoms with Gasteiger partial charge in [0.15, 0.2) is 16.6 Å². The topological polar surface area (TPSA) is 65.9 Å². The molecule has 110 valence electrons. The third kappa shape index (κ3) is 4.60. The molecule has 8 heteroatoms. The van der Waals surface area contributed by atoms with Crippen LogP contribution in [0.1, 0.15) is 19.4 Å². The highest BCUT2D eigenvalue weighted by molar-refractivity contribution is 9.13. The molecule has 0 aliphatic rings. The second kappa shape index (κ2) is 8.43. The summed E-state index contributed by atoms with van der Waals surface area (Å²) in [6.07, 6.45) is 1.58. The molecule has 0 fully saturated rings. The molecule has 0 aliphatic carbocycles. The lowest BCUT2D eigenvalue weighted by molar-refractivity contribution is 0.317. The molecule has 0 unspecified atom stereocenters. The summed E-state index contributed by atoms with van der Waals surface area (Å²) in [7, 11) is 0. The molecule has 0 aromatic heterocycles. The standard InChI is InChI=1S/C12H15Br2N3O2S/c1-3-15-12(20)17-16-6-7-5-8(19-4-2)11(18)10(14)9(7)13/h5-6,18H,3-4H2,1-2H3,(H2,15,17,20)/b16-6-. The number of ether oxygens (including phenoxy) is 1. The summed E-state index contributed by atoms with van der Waals surface area (Å²) in [6.45, 7) is 4.98. The minimum atomic E-state index is 0.0482. The second-order valence-corrected chi connectivity index (χ2v) is 5.60. The van der Waals surface area contributed by atoms with Gasteiger partial charge in [0.2, 0.25) is 0 Å². The predicted molar refractivity (Wildman–Crippen MR) is 91.7 cm³/mol. The van der Waals surface area contributed by atoms with Crippen molar-refractivity contribution in [3.05, 3.63) is 20.6 Å². The highest BCUT2D eigenvalue weighted by atomic mass is 79.9. The number of rotatable bonds is 5. The van der Waals surface area contributed by atoms with Gasteiger partial charge in [0, 0.05) is 16.6 Å². The molecule has 0 saturated heterocycles. The van der Waals surface area contributed by atoms with E-state index in [4.69, 9.17) is 17.0 Å². The van der Waals surface area contributed by atoms with Gasteiger partial charge >= 0.3 is 0 Å². The largest absolute Gasteiger partial charge is 0.503 e. The molecule has 1 aromatic rings. The molecule has 0 saturated carbocycles. The third-order valence-corrected chi connectivity index (χ3v) is 4.58. The van der Waals surface area contributed by atoms with Gasteiger partial charge in [-0.1, -0.05) is 0 Å².